The molecule has 6 nitrogen and oxygen atoms in total. The molecule has 0 unspecified atom stereocenters. The molecule has 28 heavy (non-hydrogen) atoms. The lowest BCUT2D eigenvalue weighted by Gasteiger charge is -2.11. The van der Waals surface area contributed by atoms with Crippen molar-refractivity contribution in [2.75, 3.05) is 9.44 Å². The van der Waals surface area contributed by atoms with Gasteiger partial charge in [-0.05, 0) is 61.0 Å². The zero-order chi connectivity index (χ0) is 20.4. The minimum absolute atomic E-state index is 0.00754. The Morgan fingerprint density at radius 2 is 1.18 bits per heavy atom. The van der Waals surface area contributed by atoms with Gasteiger partial charge in [0.1, 0.15) is 0 Å². The van der Waals surface area contributed by atoms with Crippen LogP contribution in [0.4, 0.5) is 11.4 Å². The van der Waals surface area contributed by atoms with E-state index < -0.39 is 20.0 Å². The fourth-order valence-corrected chi connectivity index (χ4v) is 4.70. The van der Waals surface area contributed by atoms with E-state index in [9.17, 15) is 16.8 Å². The highest BCUT2D eigenvalue weighted by Crippen LogP contribution is 2.24. The van der Waals surface area contributed by atoms with E-state index >= 15 is 0 Å². The third kappa shape index (κ3) is 4.64. The molecule has 0 aliphatic carbocycles. The van der Waals surface area contributed by atoms with Crippen LogP contribution in [0.15, 0.2) is 82.6 Å². The van der Waals surface area contributed by atoms with Crippen molar-refractivity contribution in [1.82, 2.24) is 0 Å². The summed E-state index contributed by atoms with van der Waals surface area (Å²) in [5, 5.41) is 0.450. The fourth-order valence-electron chi connectivity index (χ4n) is 2.39. The van der Waals surface area contributed by atoms with Crippen LogP contribution in [0.25, 0.3) is 0 Å². The van der Waals surface area contributed by atoms with Crippen LogP contribution in [-0.4, -0.2) is 16.8 Å². The molecule has 0 spiro atoms. The third-order valence-electron chi connectivity index (χ3n) is 3.89. The maximum atomic E-state index is 12.5. The summed E-state index contributed by atoms with van der Waals surface area (Å²) < 4.78 is 54.6. The Morgan fingerprint density at radius 3 is 1.75 bits per heavy atom. The van der Waals surface area contributed by atoms with Crippen LogP contribution in [0.2, 0.25) is 5.02 Å². The molecule has 2 N–H and O–H groups in total. The Hall–Kier alpha value is -2.55. The normalized spacial score (nSPS) is 11.8. The maximum absolute atomic E-state index is 12.5. The van der Waals surface area contributed by atoms with E-state index in [1.807, 2.05) is 6.92 Å². The van der Waals surface area contributed by atoms with Crippen molar-refractivity contribution in [1.29, 1.82) is 0 Å². The number of sulfonamides is 2. The Bertz CT molecular complexity index is 1190. The topological polar surface area (TPSA) is 92.3 Å². The summed E-state index contributed by atoms with van der Waals surface area (Å²) in [5.74, 6) is 0. The summed E-state index contributed by atoms with van der Waals surface area (Å²) >= 11 is 6.02. The highest BCUT2D eigenvalue weighted by atomic mass is 35.5. The van der Waals surface area contributed by atoms with E-state index in [0.717, 1.165) is 5.56 Å². The van der Waals surface area contributed by atoms with Crippen LogP contribution in [0, 0.1) is 6.92 Å². The zero-order valence-corrected chi connectivity index (χ0v) is 17.1. The monoisotopic (exact) mass is 436 g/mol. The Kier molecular flexibility index (Phi) is 5.64. The third-order valence-corrected chi connectivity index (χ3v) is 7.10. The van der Waals surface area contributed by atoms with E-state index in [-0.39, 0.29) is 15.5 Å². The van der Waals surface area contributed by atoms with E-state index in [1.54, 1.807) is 30.3 Å². The van der Waals surface area contributed by atoms with Gasteiger partial charge in [0.2, 0.25) is 0 Å². The molecule has 0 heterocycles. The van der Waals surface area contributed by atoms with Crippen LogP contribution in [0.3, 0.4) is 0 Å². The van der Waals surface area contributed by atoms with Crippen molar-refractivity contribution in [3.8, 4) is 0 Å². The molecule has 0 amide bonds. The lowest BCUT2D eigenvalue weighted by atomic mass is 10.2. The molecule has 0 aliphatic rings. The molecule has 0 bridgehead atoms. The van der Waals surface area contributed by atoms with Gasteiger partial charge in [-0.2, -0.15) is 0 Å². The van der Waals surface area contributed by atoms with Gasteiger partial charge in [0.05, 0.1) is 15.5 Å². The van der Waals surface area contributed by atoms with Gasteiger partial charge in [0.25, 0.3) is 20.0 Å². The molecule has 0 fully saturated rings. The summed E-state index contributed by atoms with van der Waals surface area (Å²) in [6, 6.07) is 18.2. The molecule has 0 saturated heterocycles. The van der Waals surface area contributed by atoms with Crippen LogP contribution in [-0.2, 0) is 20.0 Å². The van der Waals surface area contributed by atoms with Crippen molar-refractivity contribution < 1.29 is 16.8 Å². The first-order chi connectivity index (χ1) is 13.2. The molecule has 146 valence electrons. The van der Waals surface area contributed by atoms with Gasteiger partial charge >= 0.3 is 0 Å². The van der Waals surface area contributed by atoms with Crippen molar-refractivity contribution in [2.45, 2.75) is 16.7 Å². The van der Waals surface area contributed by atoms with Crippen LogP contribution < -0.4 is 9.44 Å². The molecule has 3 aromatic carbocycles. The minimum Gasteiger partial charge on any atom is -0.280 e. The summed E-state index contributed by atoms with van der Waals surface area (Å²) in [6.07, 6.45) is 0. The molecule has 0 aliphatic heterocycles. The number of halogens is 1. The molecule has 3 rings (SSSR count). The van der Waals surface area contributed by atoms with E-state index in [2.05, 4.69) is 9.44 Å². The molecule has 0 aromatic heterocycles. The number of aryl methyl sites for hydroxylation is 1. The number of benzene rings is 3. The van der Waals surface area contributed by atoms with Crippen LogP contribution >= 0.6 is 11.6 Å². The van der Waals surface area contributed by atoms with Gasteiger partial charge < -0.3 is 0 Å². The van der Waals surface area contributed by atoms with Crippen molar-refractivity contribution in [3.63, 3.8) is 0 Å². The second kappa shape index (κ2) is 7.83. The second-order valence-corrected chi connectivity index (χ2v) is 9.78. The van der Waals surface area contributed by atoms with Crippen molar-refractivity contribution in [3.05, 3.63) is 83.4 Å². The van der Waals surface area contributed by atoms with Gasteiger partial charge in [0, 0.05) is 10.7 Å². The molecular formula is C19H17ClN2O4S2. The van der Waals surface area contributed by atoms with Crippen LogP contribution in [0.1, 0.15) is 5.56 Å². The van der Waals surface area contributed by atoms with Gasteiger partial charge in [-0.15, -0.1) is 0 Å². The predicted octanol–water partition coefficient (Wildman–Crippen LogP) is 4.25. The maximum Gasteiger partial charge on any atom is 0.261 e. The van der Waals surface area contributed by atoms with Gasteiger partial charge in [-0.3, -0.25) is 9.44 Å². The zero-order valence-electron chi connectivity index (χ0n) is 14.8. The predicted molar refractivity (Wildman–Crippen MR) is 111 cm³/mol. The summed E-state index contributed by atoms with van der Waals surface area (Å²) in [6.45, 7) is 1.82. The largest absolute Gasteiger partial charge is 0.280 e. The average molecular weight is 437 g/mol. The van der Waals surface area contributed by atoms with Gasteiger partial charge in [0.15, 0.2) is 0 Å². The van der Waals surface area contributed by atoms with Crippen LogP contribution in [0.5, 0.6) is 0 Å². The molecule has 3 aromatic rings. The van der Waals surface area contributed by atoms with Crippen molar-refractivity contribution >= 4 is 43.0 Å². The second-order valence-electron chi connectivity index (χ2n) is 6.01. The highest BCUT2D eigenvalue weighted by Gasteiger charge is 2.17. The lowest BCUT2D eigenvalue weighted by molar-refractivity contribution is 0.600. The van der Waals surface area contributed by atoms with Gasteiger partial charge in [-0.25, -0.2) is 16.8 Å². The first-order valence-electron chi connectivity index (χ1n) is 8.14. The first kappa shape index (κ1) is 20.2. The molecular weight excluding hydrogens is 420 g/mol. The Labute approximate surface area is 169 Å². The van der Waals surface area contributed by atoms with E-state index in [1.165, 1.54) is 42.5 Å². The molecule has 9 heteroatoms. The fraction of sp³-hybridized carbons (Fsp3) is 0.0526. The summed E-state index contributed by atoms with van der Waals surface area (Å²) in [7, 11) is -7.59. The van der Waals surface area contributed by atoms with Gasteiger partial charge in [-0.1, -0.05) is 35.9 Å². The minimum atomic E-state index is -3.84. The quantitative estimate of drug-likeness (QED) is 0.604. The average Bonchev–Trinajstić information content (AvgIpc) is 2.65. The first-order valence-corrected chi connectivity index (χ1v) is 11.5. The molecule has 0 saturated carbocycles. The smallest absolute Gasteiger partial charge is 0.261 e. The molecule has 0 radical (unpaired) electrons. The Morgan fingerprint density at radius 1 is 0.679 bits per heavy atom. The lowest BCUT2D eigenvalue weighted by Crippen LogP contribution is -2.14. The standard InChI is InChI=1S/C19H17ClN2O4S2/c1-14-7-8-16(13-19(14)20)22-28(25,26)18-11-9-15(10-12-18)21-27(23,24)17-5-3-2-4-6-17/h2-13,21-22H,1H3. The summed E-state index contributed by atoms with van der Waals surface area (Å²) in [4.78, 5) is 0.108. The number of nitrogens with one attached hydrogen (secondary N) is 2. The number of hydrogen-bond acceptors (Lipinski definition) is 4. The van der Waals surface area contributed by atoms with Crippen molar-refractivity contribution in [2.24, 2.45) is 0 Å². The number of hydrogen-bond donors (Lipinski definition) is 2. The summed E-state index contributed by atoms with van der Waals surface area (Å²) in [5.41, 5.74) is 1.42. The number of anilines is 2. The SMILES string of the molecule is Cc1ccc(NS(=O)(=O)c2ccc(NS(=O)(=O)c3ccccc3)cc2)cc1Cl. The molecule has 0 atom stereocenters. The highest BCUT2D eigenvalue weighted by molar-refractivity contribution is 7.93. The van der Waals surface area contributed by atoms with E-state index in [4.69, 9.17) is 11.6 Å². The van der Waals surface area contributed by atoms with E-state index in [0.29, 0.717) is 10.7 Å². The Balaban J connectivity index is 1.79. The number of rotatable bonds is 6.